The highest BCUT2D eigenvalue weighted by atomic mass is 16.6. The third-order valence-electron chi connectivity index (χ3n) is 3.24. The molecule has 17 heavy (non-hydrogen) atoms. The monoisotopic (exact) mass is 239 g/mol. The quantitative estimate of drug-likeness (QED) is 0.612. The van der Waals surface area contributed by atoms with E-state index in [4.69, 9.17) is 0 Å². The van der Waals surface area contributed by atoms with E-state index in [2.05, 4.69) is 10.3 Å². The SMILES string of the molecule is CCn1c(C)nc([N+](=O)[O-])c1N(C)C1CNC1. The van der Waals surface area contributed by atoms with Crippen LogP contribution >= 0.6 is 0 Å². The van der Waals surface area contributed by atoms with Crippen molar-refractivity contribution in [2.75, 3.05) is 25.0 Å². The second-order valence-corrected chi connectivity index (χ2v) is 4.23. The Hall–Kier alpha value is -1.63. The van der Waals surface area contributed by atoms with Gasteiger partial charge in [0.15, 0.2) is 0 Å². The minimum absolute atomic E-state index is 0.0428. The fourth-order valence-corrected chi connectivity index (χ4v) is 2.11. The number of rotatable bonds is 4. The van der Waals surface area contributed by atoms with Gasteiger partial charge >= 0.3 is 5.82 Å². The van der Waals surface area contributed by atoms with Crippen molar-refractivity contribution in [1.29, 1.82) is 0 Å². The van der Waals surface area contributed by atoms with Crippen molar-refractivity contribution in [3.8, 4) is 0 Å². The van der Waals surface area contributed by atoms with E-state index >= 15 is 0 Å². The van der Waals surface area contributed by atoms with E-state index < -0.39 is 4.92 Å². The molecule has 7 heteroatoms. The van der Waals surface area contributed by atoms with Crippen LogP contribution in [-0.2, 0) is 6.54 Å². The fraction of sp³-hybridized carbons (Fsp3) is 0.700. The number of imidazole rings is 1. The Morgan fingerprint density at radius 3 is 2.71 bits per heavy atom. The fourth-order valence-electron chi connectivity index (χ4n) is 2.11. The highest BCUT2D eigenvalue weighted by Gasteiger charge is 2.32. The number of hydrogen-bond acceptors (Lipinski definition) is 5. The van der Waals surface area contributed by atoms with Gasteiger partial charge in [0.05, 0.1) is 6.04 Å². The van der Waals surface area contributed by atoms with E-state index in [-0.39, 0.29) is 5.82 Å². The molecule has 1 N–H and O–H groups in total. The van der Waals surface area contributed by atoms with E-state index in [1.54, 1.807) is 6.92 Å². The first-order valence-corrected chi connectivity index (χ1v) is 5.71. The number of likely N-dealkylation sites (N-methyl/N-ethyl adjacent to an activating group) is 1. The maximum Gasteiger partial charge on any atom is 0.406 e. The largest absolute Gasteiger partial charge is 0.406 e. The summed E-state index contributed by atoms with van der Waals surface area (Å²) in [6.45, 7) is 6.18. The minimum atomic E-state index is -0.406. The van der Waals surface area contributed by atoms with Crippen LogP contribution in [0, 0.1) is 17.0 Å². The summed E-state index contributed by atoms with van der Waals surface area (Å²) < 4.78 is 1.89. The molecule has 1 aliphatic heterocycles. The Bertz CT molecular complexity index is 438. The number of aromatic nitrogens is 2. The molecule has 0 spiro atoms. The lowest BCUT2D eigenvalue weighted by molar-refractivity contribution is -0.388. The van der Waals surface area contributed by atoms with Crippen molar-refractivity contribution in [2.45, 2.75) is 26.4 Å². The van der Waals surface area contributed by atoms with Crippen molar-refractivity contribution in [1.82, 2.24) is 14.9 Å². The zero-order valence-corrected chi connectivity index (χ0v) is 10.3. The molecule has 1 aliphatic rings. The van der Waals surface area contributed by atoms with Crippen molar-refractivity contribution in [3.63, 3.8) is 0 Å². The maximum absolute atomic E-state index is 11.0. The number of nitrogens with one attached hydrogen (secondary N) is 1. The van der Waals surface area contributed by atoms with E-state index in [1.165, 1.54) is 0 Å². The molecule has 1 saturated heterocycles. The molecule has 0 saturated carbocycles. The van der Waals surface area contributed by atoms with Gasteiger partial charge in [-0.05, 0) is 16.8 Å². The van der Waals surface area contributed by atoms with Gasteiger partial charge in [-0.1, -0.05) is 0 Å². The first kappa shape index (κ1) is 11.8. The topological polar surface area (TPSA) is 76.2 Å². The number of hydrogen-bond donors (Lipinski definition) is 1. The van der Waals surface area contributed by atoms with Gasteiger partial charge < -0.3 is 20.3 Å². The second kappa shape index (κ2) is 4.33. The molecule has 0 unspecified atom stereocenters. The van der Waals surface area contributed by atoms with E-state index in [0.29, 0.717) is 24.2 Å². The summed E-state index contributed by atoms with van der Waals surface area (Å²) in [5.74, 6) is 1.26. The molecule has 0 aromatic carbocycles. The Kier molecular flexibility index (Phi) is 3.01. The van der Waals surface area contributed by atoms with Gasteiger partial charge in [0.1, 0.15) is 0 Å². The molecule has 0 amide bonds. The van der Waals surface area contributed by atoms with Crippen LogP contribution in [0.2, 0.25) is 0 Å². The molecule has 1 aromatic heterocycles. The van der Waals surface area contributed by atoms with Gasteiger partial charge in [0.2, 0.25) is 11.6 Å². The Morgan fingerprint density at radius 2 is 2.29 bits per heavy atom. The molecule has 94 valence electrons. The van der Waals surface area contributed by atoms with Crippen LogP contribution in [0.15, 0.2) is 0 Å². The molecule has 2 rings (SSSR count). The molecular weight excluding hydrogens is 222 g/mol. The lowest BCUT2D eigenvalue weighted by atomic mass is 10.1. The van der Waals surface area contributed by atoms with Gasteiger partial charge in [-0.15, -0.1) is 0 Å². The molecule has 1 fully saturated rings. The molecule has 7 nitrogen and oxygen atoms in total. The first-order chi connectivity index (χ1) is 8.06. The predicted octanol–water partition coefficient (Wildman–Crippen LogP) is 0.528. The molecule has 2 heterocycles. The lowest BCUT2D eigenvalue weighted by Crippen LogP contribution is -2.56. The van der Waals surface area contributed by atoms with Crippen LogP contribution in [0.25, 0.3) is 0 Å². The predicted molar refractivity (Wildman–Crippen MR) is 64.4 cm³/mol. The van der Waals surface area contributed by atoms with Crippen molar-refractivity contribution in [3.05, 3.63) is 15.9 Å². The van der Waals surface area contributed by atoms with Crippen LogP contribution in [0.3, 0.4) is 0 Å². The average Bonchev–Trinajstić information content (AvgIpc) is 2.52. The third kappa shape index (κ3) is 1.86. The van der Waals surface area contributed by atoms with E-state index in [1.807, 2.05) is 23.4 Å². The van der Waals surface area contributed by atoms with Gasteiger partial charge in [-0.3, -0.25) is 4.57 Å². The van der Waals surface area contributed by atoms with Crippen LogP contribution in [0.1, 0.15) is 12.7 Å². The Labute approximate surface area is 99.6 Å². The van der Waals surface area contributed by atoms with Crippen molar-refractivity contribution >= 4 is 11.6 Å². The third-order valence-corrected chi connectivity index (χ3v) is 3.24. The smallest absolute Gasteiger partial charge is 0.358 e. The minimum Gasteiger partial charge on any atom is -0.358 e. The normalized spacial score (nSPS) is 15.7. The summed E-state index contributed by atoms with van der Waals surface area (Å²) in [5, 5.41) is 14.2. The van der Waals surface area contributed by atoms with E-state index in [9.17, 15) is 10.1 Å². The number of anilines is 1. The molecule has 0 bridgehead atoms. The summed E-state index contributed by atoms with van der Waals surface area (Å²) in [6.07, 6.45) is 0. The standard InChI is InChI=1S/C10H17N5O2/c1-4-14-7(2)12-9(15(16)17)10(14)13(3)8-5-11-6-8/h8,11H,4-6H2,1-3H3. The van der Waals surface area contributed by atoms with Crippen LogP contribution in [0.5, 0.6) is 0 Å². The maximum atomic E-state index is 11.0. The Morgan fingerprint density at radius 1 is 1.65 bits per heavy atom. The highest BCUT2D eigenvalue weighted by Crippen LogP contribution is 2.30. The molecule has 1 aromatic rings. The molecule has 0 atom stereocenters. The zero-order valence-electron chi connectivity index (χ0n) is 10.3. The highest BCUT2D eigenvalue weighted by molar-refractivity contribution is 5.56. The average molecular weight is 239 g/mol. The summed E-state index contributed by atoms with van der Waals surface area (Å²) in [5.41, 5.74) is 0. The molecular formula is C10H17N5O2. The van der Waals surface area contributed by atoms with Crippen LogP contribution in [-0.4, -0.2) is 40.7 Å². The van der Waals surface area contributed by atoms with Gasteiger partial charge in [-0.25, -0.2) is 0 Å². The molecule has 0 aliphatic carbocycles. The summed E-state index contributed by atoms with van der Waals surface area (Å²) in [4.78, 5) is 16.6. The summed E-state index contributed by atoms with van der Waals surface area (Å²) in [6, 6.07) is 0.315. The zero-order chi connectivity index (χ0) is 12.6. The summed E-state index contributed by atoms with van der Waals surface area (Å²) in [7, 11) is 1.89. The second-order valence-electron chi connectivity index (χ2n) is 4.23. The molecule has 0 radical (unpaired) electrons. The lowest BCUT2D eigenvalue weighted by Gasteiger charge is -2.36. The number of aryl methyl sites for hydroxylation is 1. The Balaban J connectivity index is 2.44. The van der Waals surface area contributed by atoms with Crippen molar-refractivity contribution < 1.29 is 4.92 Å². The number of nitro groups is 1. The van der Waals surface area contributed by atoms with Crippen molar-refractivity contribution in [2.24, 2.45) is 0 Å². The van der Waals surface area contributed by atoms with Gasteiger partial charge in [-0.2, -0.15) is 0 Å². The van der Waals surface area contributed by atoms with Crippen LogP contribution < -0.4 is 10.2 Å². The number of nitrogens with zero attached hydrogens (tertiary/aromatic N) is 4. The van der Waals surface area contributed by atoms with E-state index in [0.717, 1.165) is 13.1 Å². The van der Waals surface area contributed by atoms with Gasteiger partial charge in [0.25, 0.3) is 0 Å². The first-order valence-electron chi connectivity index (χ1n) is 5.71. The summed E-state index contributed by atoms with van der Waals surface area (Å²) >= 11 is 0. The van der Waals surface area contributed by atoms with Crippen LogP contribution in [0.4, 0.5) is 11.6 Å². The van der Waals surface area contributed by atoms with Gasteiger partial charge in [0, 0.05) is 33.6 Å².